The van der Waals surface area contributed by atoms with Crippen LogP contribution in [0.25, 0.3) is 0 Å². The monoisotopic (exact) mass is 312 g/mol. The molecule has 0 bridgehead atoms. The van der Waals surface area contributed by atoms with Gasteiger partial charge >= 0.3 is 6.09 Å². The molecule has 6 nitrogen and oxygen atoms in total. The Morgan fingerprint density at radius 3 is 2.65 bits per heavy atom. The van der Waals surface area contributed by atoms with E-state index in [1.807, 2.05) is 30.1 Å². The third-order valence-corrected chi connectivity index (χ3v) is 2.99. The molecule has 0 aliphatic rings. The molecule has 1 amide bonds. The minimum Gasteiger partial charge on any atom is -0.406 e. The average molecular weight is 312 g/mol. The summed E-state index contributed by atoms with van der Waals surface area (Å²) in [7, 11) is 5.17. The van der Waals surface area contributed by atoms with Crippen LogP contribution in [0.15, 0.2) is 53.8 Å². The van der Waals surface area contributed by atoms with Gasteiger partial charge in [0.1, 0.15) is 5.69 Å². The van der Waals surface area contributed by atoms with E-state index in [1.165, 1.54) is 16.7 Å². The lowest BCUT2D eigenvalue weighted by atomic mass is 10.2. The summed E-state index contributed by atoms with van der Waals surface area (Å²) in [6, 6.07) is 11.8. The topological polar surface area (TPSA) is 58.0 Å². The lowest BCUT2D eigenvalue weighted by Crippen LogP contribution is -2.25. The maximum Gasteiger partial charge on any atom is 0.414 e. The van der Waals surface area contributed by atoms with Gasteiger partial charge in [-0.15, -0.1) is 0 Å². The number of amides is 1. The molecule has 0 radical (unpaired) electrons. The zero-order chi connectivity index (χ0) is 16.7. The van der Waals surface area contributed by atoms with Crippen LogP contribution in [0.3, 0.4) is 0 Å². The molecule has 0 unspecified atom stereocenters. The summed E-state index contributed by atoms with van der Waals surface area (Å²) in [5, 5.41) is 0. The molecule has 0 aliphatic heterocycles. The third-order valence-electron chi connectivity index (χ3n) is 2.99. The lowest BCUT2D eigenvalue weighted by molar-refractivity contribution is 0.172. The normalized spacial score (nSPS) is 10.6. The molecule has 1 aromatic heterocycles. The minimum atomic E-state index is -0.466. The molecule has 1 heterocycles. The van der Waals surface area contributed by atoms with Crippen molar-refractivity contribution in [2.75, 3.05) is 21.1 Å². The van der Waals surface area contributed by atoms with E-state index in [0.29, 0.717) is 11.4 Å². The van der Waals surface area contributed by atoms with Crippen molar-refractivity contribution in [3.63, 3.8) is 0 Å². The summed E-state index contributed by atoms with van der Waals surface area (Å²) in [5.74, 6) is 0.329. The fourth-order valence-corrected chi connectivity index (χ4v) is 1.82. The number of hydrogen-bond donors (Lipinski definition) is 0. The van der Waals surface area contributed by atoms with Gasteiger partial charge in [-0.2, -0.15) is 0 Å². The van der Waals surface area contributed by atoms with Gasteiger partial charge < -0.3 is 14.5 Å². The van der Waals surface area contributed by atoms with Crippen LogP contribution in [0.4, 0.5) is 10.5 Å². The first-order valence-corrected chi connectivity index (χ1v) is 7.18. The molecule has 0 atom stereocenters. The Hall–Kier alpha value is -2.89. The largest absolute Gasteiger partial charge is 0.414 e. The molecule has 120 valence electrons. The van der Waals surface area contributed by atoms with Crippen LogP contribution in [-0.4, -0.2) is 48.4 Å². The van der Waals surface area contributed by atoms with Gasteiger partial charge in [-0.25, -0.2) is 9.79 Å². The van der Waals surface area contributed by atoms with Crippen molar-refractivity contribution in [1.82, 2.24) is 14.8 Å². The Labute approximate surface area is 136 Å². The van der Waals surface area contributed by atoms with Crippen LogP contribution in [0.5, 0.6) is 5.75 Å². The summed E-state index contributed by atoms with van der Waals surface area (Å²) >= 11 is 0. The first kappa shape index (κ1) is 16.5. The maximum absolute atomic E-state index is 11.7. The Kier molecular flexibility index (Phi) is 5.68. The van der Waals surface area contributed by atoms with Crippen molar-refractivity contribution in [3.8, 4) is 5.75 Å². The van der Waals surface area contributed by atoms with Crippen molar-refractivity contribution in [2.45, 2.75) is 6.54 Å². The summed E-state index contributed by atoms with van der Waals surface area (Å²) in [6.45, 7) is 0.738. The lowest BCUT2D eigenvalue weighted by Gasteiger charge is -2.14. The van der Waals surface area contributed by atoms with E-state index in [2.05, 4.69) is 22.1 Å². The van der Waals surface area contributed by atoms with Crippen LogP contribution >= 0.6 is 0 Å². The van der Waals surface area contributed by atoms with E-state index in [9.17, 15) is 4.79 Å². The Morgan fingerprint density at radius 2 is 1.96 bits per heavy atom. The summed E-state index contributed by atoms with van der Waals surface area (Å²) < 4.78 is 5.25. The number of rotatable bonds is 5. The van der Waals surface area contributed by atoms with E-state index in [4.69, 9.17) is 4.74 Å². The van der Waals surface area contributed by atoms with E-state index in [-0.39, 0.29) is 0 Å². The molecule has 0 saturated carbocycles. The molecule has 0 aliphatic carbocycles. The molecule has 23 heavy (non-hydrogen) atoms. The highest BCUT2D eigenvalue weighted by Gasteiger charge is 2.10. The van der Waals surface area contributed by atoms with Gasteiger partial charge in [-0.3, -0.25) is 4.98 Å². The van der Waals surface area contributed by atoms with Crippen LogP contribution in [0.2, 0.25) is 0 Å². The van der Waals surface area contributed by atoms with Crippen molar-refractivity contribution >= 4 is 18.1 Å². The number of aromatic nitrogens is 1. The van der Waals surface area contributed by atoms with Gasteiger partial charge in [-0.05, 0) is 11.6 Å². The highest BCUT2D eigenvalue weighted by Crippen LogP contribution is 2.25. The molecule has 0 fully saturated rings. The number of benzene rings is 1. The molecule has 2 aromatic rings. The molecular formula is C17H20N4O2. The van der Waals surface area contributed by atoms with E-state index in [0.717, 1.165) is 6.54 Å². The average Bonchev–Trinajstić information content (AvgIpc) is 2.55. The number of ether oxygens (including phenoxy) is 1. The Bertz CT molecular complexity index is 671. The fourth-order valence-electron chi connectivity index (χ4n) is 1.82. The Balaban J connectivity index is 2.05. The SMILES string of the molecule is CN(C=Nc1ccncc1OC(=O)N(C)C)Cc1ccccc1. The van der Waals surface area contributed by atoms with E-state index in [1.54, 1.807) is 32.7 Å². The predicted molar refractivity (Wildman–Crippen MR) is 90.0 cm³/mol. The molecule has 0 saturated heterocycles. The number of pyridine rings is 1. The highest BCUT2D eigenvalue weighted by atomic mass is 16.6. The summed E-state index contributed by atoms with van der Waals surface area (Å²) in [4.78, 5) is 23.3. The number of carbonyl (C=O) groups excluding carboxylic acids is 1. The second-order valence-electron chi connectivity index (χ2n) is 5.25. The van der Waals surface area contributed by atoms with Crippen LogP contribution < -0.4 is 4.74 Å². The van der Waals surface area contributed by atoms with Crippen LogP contribution in [0, 0.1) is 0 Å². The second-order valence-corrected chi connectivity index (χ2v) is 5.25. The molecule has 0 spiro atoms. The van der Waals surface area contributed by atoms with Gasteiger partial charge in [0.05, 0.1) is 12.5 Å². The zero-order valence-electron chi connectivity index (χ0n) is 13.5. The van der Waals surface area contributed by atoms with Gasteiger partial charge in [0.15, 0.2) is 5.75 Å². The number of hydrogen-bond acceptors (Lipinski definition) is 4. The van der Waals surface area contributed by atoms with Crippen molar-refractivity contribution in [2.24, 2.45) is 4.99 Å². The fraction of sp³-hybridized carbons (Fsp3) is 0.235. The smallest absolute Gasteiger partial charge is 0.406 e. The van der Waals surface area contributed by atoms with E-state index >= 15 is 0 Å². The minimum absolute atomic E-state index is 0.329. The number of aliphatic imine (C=N–C) groups is 1. The summed E-state index contributed by atoms with van der Waals surface area (Å²) in [5.41, 5.74) is 1.74. The van der Waals surface area contributed by atoms with Gasteiger partial charge in [0, 0.05) is 33.9 Å². The van der Waals surface area contributed by atoms with Crippen LogP contribution in [-0.2, 0) is 6.54 Å². The van der Waals surface area contributed by atoms with Crippen molar-refractivity contribution in [1.29, 1.82) is 0 Å². The zero-order valence-corrected chi connectivity index (χ0v) is 13.5. The predicted octanol–water partition coefficient (Wildman–Crippen LogP) is 2.93. The molecule has 1 aromatic carbocycles. The van der Waals surface area contributed by atoms with Crippen LogP contribution in [0.1, 0.15) is 5.56 Å². The highest BCUT2D eigenvalue weighted by molar-refractivity contribution is 5.73. The van der Waals surface area contributed by atoms with Crippen molar-refractivity contribution < 1.29 is 9.53 Å². The third kappa shape index (κ3) is 5.10. The summed E-state index contributed by atoms with van der Waals surface area (Å²) in [6.07, 6.45) is 4.32. The maximum atomic E-state index is 11.7. The van der Waals surface area contributed by atoms with Gasteiger partial charge in [-0.1, -0.05) is 30.3 Å². The number of nitrogens with zero attached hydrogens (tertiary/aromatic N) is 4. The molecular weight excluding hydrogens is 292 g/mol. The van der Waals surface area contributed by atoms with E-state index < -0.39 is 6.09 Å². The molecule has 6 heteroatoms. The first-order chi connectivity index (χ1) is 11.1. The standard InChI is InChI=1S/C17H20N4O2/c1-20(2)17(22)23-16-11-18-10-9-15(16)19-13-21(3)12-14-7-5-4-6-8-14/h4-11,13H,12H2,1-3H3. The number of carbonyl (C=O) groups is 1. The van der Waals surface area contributed by atoms with Gasteiger partial charge in [0.25, 0.3) is 0 Å². The van der Waals surface area contributed by atoms with Crippen molar-refractivity contribution in [3.05, 3.63) is 54.4 Å². The molecule has 2 rings (SSSR count). The quantitative estimate of drug-likeness (QED) is 0.629. The second kappa shape index (κ2) is 7.93. The Morgan fingerprint density at radius 1 is 1.22 bits per heavy atom. The first-order valence-electron chi connectivity index (χ1n) is 7.18. The molecule has 0 N–H and O–H groups in total. The van der Waals surface area contributed by atoms with Gasteiger partial charge in [0.2, 0.25) is 0 Å².